The Labute approximate surface area is 123 Å². The molecule has 4 heteroatoms. The summed E-state index contributed by atoms with van der Waals surface area (Å²) in [6.07, 6.45) is 4.40. The quantitative estimate of drug-likeness (QED) is 0.566. The number of hydrogen-bond acceptors (Lipinski definition) is 3. The number of hydrogen-bond donors (Lipinski definition) is 1. The van der Waals surface area contributed by atoms with Crippen LogP contribution in [0.2, 0.25) is 0 Å². The highest BCUT2D eigenvalue weighted by molar-refractivity contribution is 9.10. The molecule has 0 fully saturated rings. The fourth-order valence-electron chi connectivity index (χ4n) is 1.62. The minimum Gasteiger partial charge on any atom is -0.313 e. The van der Waals surface area contributed by atoms with Gasteiger partial charge in [0, 0.05) is 29.0 Å². The van der Waals surface area contributed by atoms with Gasteiger partial charge in [-0.25, -0.2) is 4.98 Å². The van der Waals surface area contributed by atoms with Crippen molar-refractivity contribution in [3.63, 3.8) is 0 Å². The Kier molecular flexibility index (Phi) is 7.95. The molecule has 1 atom stereocenters. The largest absolute Gasteiger partial charge is 0.313 e. The highest BCUT2D eigenvalue weighted by atomic mass is 79.9. The topological polar surface area (TPSA) is 24.9 Å². The molecular formula is C14H23BrN2S. The van der Waals surface area contributed by atoms with Crippen molar-refractivity contribution in [2.24, 2.45) is 5.92 Å². The van der Waals surface area contributed by atoms with Crippen LogP contribution in [-0.2, 0) is 0 Å². The third-order valence-corrected chi connectivity index (χ3v) is 4.64. The third-order valence-electron chi connectivity index (χ3n) is 2.74. The van der Waals surface area contributed by atoms with Gasteiger partial charge in [-0.3, -0.25) is 0 Å². The molecule has 102 valence electrons. The smallest absolute Gasteiger partial charge is 0.110 e. The van der Waals surface area contributed by atoms with E-state index in [0.29, 0.717) is 6.04 Å². The summed E-state index contributed by atoms with van der Waals surface area (Å²) in [5.74, 6) is 1.86. The van der Waals surface area contributed by atoms with E-state index in [1.807, 2.05) is 18.3 Å². The van der Waals surface area contributed by atoms with Crippen molar-refractivity contribution >= 4 is 27.7 Å². The van der Waals surface area contributed by atoms with Crippen LogP contribution >= 0.6 is 27.7 Å². The number of nitrogens with zero attached hydrogens (tertiary/aromatic N) is 1. The van der Waals surface area contributed by atoms with E-state index in [1.54, 1.807) is 11.8 Å². The van der Waals surface area contributed by atoms with Crippen LogP contribution in [-0.4, -0.2) is 23.3 Å². The van der Waals surface area contributed by atoms with Crippen LogP contribution in [0, 0.1) is 5.92 Å². The molecule has 2 nitrogen and oxygen atoms in total. The summed E-state index contributed by atoms with van der Waals surface area (Å²) in [7, 11) is 0. The van der Waals surface area contributed by atoms with Crippen LogP contribution in [0.4, 0.5) is 0 Å². The second-order valence-electron chi connectivity index (χ2n) is 4.97. The molecular weight excluding hydrogens is 308 g/mol. The molecule has 0 bridgehead atoms. The lowest BCUT2D eigenvalue weighted by Crippen LogP contribution is -2.28. The van der Waals surface area contributed by atoms with Gasteiger partial charge < -0.3 is 5.32 Å². The molecule has 0 aliphatic heterocycles. The van der Waals surface area contributed by atoms with E-state index >= 15 is 0 Å². The fraction of sp³-hybridized carbons (Fsp3) is 0.643. The van der Waals surface area contributed by atoms with Gasteiger partial charge in [0.25, 0.3) is 0 Å². The molecule has 1 aromatic rings. The van der Waals surface area contributed by atoms with Gasteiger partial charge in [0.05, 0.1) is 0 Å². The molecule has 0 aliphatic carbocycles. The molecule has 0 aromatic carbocycles. The first-order valence-corrected chi connectivity index (χ1v) is 8.34. The summed E-state index contributed by atoms with van der Waals surface area (Å²) >= 11 is 5.31. The molecule has 18 heavy (non-hydrogen) atoms. The summed E-state index contributed by atoms with van der Waals surface area (Å²) in [5.41, 5.74) is 0. The van der Waals surface area contributed by atoms with Crippen LogP contribution in [0.5, 0.6) is 0 Å². The van der Waals surface area contributed by atoms with Gasteiger partial charge in [0.1, 0.15) is 5.03 Å². The Morgan fingerprint density at radius 3 is 2.78 bits per heavy atom. The first kappa shape index (κ1) is 16.0. The summed E-state index contributed by atoms with van der Waals surface area (Å²) in [4.78, 5) is 4.34. The molecule has 1 unspecified atom stereocenters. The number of pyridine rings is 1. The number of thioether (sulfide) groups is 1. The van der Waals surface area contributed by atoms with Crippen molar-refractivity contribution < 1.29 is 0 Å². The fourth-order valence-corrected chi connectivity index (χ4v) is 2.97. The Bertz CT molecular complexity index is 344. The molecule has 1 aromatic heterocycles. The zero-order valence-electron chi connectivity index (χ0n) is 11.4. The second-order valence-corrected chi connectivity index (χ2v) is 6.90. The molecule has 0 saturated carbocycles. The SMILES string of the molecule is CC(C)CCC(C)NCCSc1ncccc1Br. The molecule has 1 rings (SSSR count). The number of nitrogens with one attached hydrogen (secondary N) is 1. The maximum absolute atomic E-state index is 4.34. The molecule has 1 heterocycles. The van der Waals surface area contributed by atoms with E-state index in [4.69, 9.17) is 0 Å². The Hall–Kier alpha value is -0.0600. The Morgan fingerprint density at radius 2 is 2.11 bits per heavy atom. The Morgan fingerprint density at radius 1 is 1.33 bits per heavy atom. The number of aromatic nitrogens is 1. The van der Waals surface area contributed by atoms with Crippen molar-refractivity contribution in [2.45, 2.75) is 44.7 Å². The average molecular weight is 331 g/mol. The second kappa shape index (κ2) is 8.94. The molecule has 1 N–H and O–H groups in total. The maximum atomic E-state index is 4.34. The van der Waals surface area contributed by atoms with E-state index in [9.17, 15) is 0 Å². The average Bonchev–Trinajstić information content (AvgIpc) is 2.34. The van der Waals surface area contributed by atoms with Gasteiger partial charge in [0.15, 0.2) is 0 Å². The summed E-state index contributed by atoms with van der Waals surface area (Å²) in [6, 6.07) is 4.59. The zero-order chi connectivity index (χ0) is 13.4. The third kappa shape index (κ3) is 6.76. The predicted octanol–water partition coefficient (Wildman–Crippen LogP) is 4.35. The van der Waals surface area contributed by atoms with Crippen molar-refractivity contribution in [2.75, 3.05) is 12.3 Å². The first-order chi connectivity index (χ1) is 8.59. The zero-order valence-corrected chi connectivity index (χ0v) is 13.9. The van der Waals surface area contributed by atoms with Crippen molar-refractivity contribution in [3.8, 4) is 0 Å². The van der Waals surface area contributed by atoms with Crippen molar-refractivity contribution in [1.82, 2.24) is 10.3 Å². The number of rotatable bonds is 8. The lowest BCUT2D eigenvalue weighted by Gasteiger charge is -2.14. The van der Waals surface area contributed by atoms with Crippen LogP contribution in [0.25, 0.3) is 0 Å². The van der Waals surface area contributed by atoms with E-state index in [1.165, 1.54) is 12.8 Å². The summed E-state index contributed by atoms with van der Waals surface area (Å²) < 4.78 is 1.09. The summed E-state index contributed by atoms with van der Waals surface area (Å²) in [6.45, 7) is 7.86. The van der Waals surface area contributed by atoms with Crippen LogP contribution in [0.1, 0.15) is 33.6 Å². The monoisotopic (exact) mass is 330 g/mol. The van der Waals surface area contributed by atoms with Crippen molar-refractivity contribution in [1.29, 1.82) is 0 Å². The molecule has 0 aliphatic rings. The predicted molar refractivity (Wildman–Crippen MR) is 84.2 cm³/mol. The summed E-state index contributed by atoms with van der Waals surface area (Å²) in [5, 5.41) is 4.64. The lowest BCUT2D eigenvalue weighted by atomic mass is 10.0. The van der Waals surface area contributed by atoms with Crippen LogP contribution in [0.3, 0.4) is 0 Å². The van der Waals surface area contributed by atoms with Crippen LogP contribution < -0.4 is 5.32 Å². The highest BCUT2D eigenvalue weighted by Crippen LogP contribution is 2.23. The van der Waals surface area contributed by atoms with Gasteiger partial charge in [-0.15, -0.1) is 11.8 Å². The van der Waals surface area contributed by atoms with E-state index < -0.39 is 0 Å². The minimum atomic E-state index is 0.611. The van der Waals surface area contributed by atoms with E-state index in [2.05, 4.69) is 47.0 Å². The van der Waals surface area contributed by atoms with Crippen molar-refractivity contribution in [3.05, 3.63) is 22.8 Å². The molecule has 0 saturated heterocycles. The molecule has 0 amide bonds. The number of halogens is 1. The van der Waals surface area contributed by atoms with E-state index in [0.717, 1.165) is 27.7 Å². The maximum Gasteiger partial charge on any atom is 0.110 e. The standard InChI is InChI=1S/C14H23BrN2S/c1-11(2)6-7-12(3)16-9-10-18-14-13(15)5-4-8-17-14/h4-5,8,11-12,16H,6-7,9-10H2,1-3H3. The van der Waals surface area contributed by atoms with Gasteiger partial charge >= 0.3 is 0 Å². The molecule has 0 radical (unpaired) electrons. The first-order valence-electron chi connectivity index (χ1n) is 6.56. The minimum absolute atomic E-state index is 0.611. The van der Waals surface area contributed by atoms with E-state index in [-0.39, 0.29) is 0 Å². The van der Waals surface area contributed by atoms with Gasteiger partial charge in [-0.2, -0.15) is 0 Å². The van der Waals surface area contributed by atoms with Crippen LogP contribution in [0.15, 0.2) is 27.8 Å². The van der Waals surface area contributed by atoms with Gasteiger partial charge in [-0.1, -0.05) is 13.8 Å². The lowest BCUT2D eigenvalue weighted by molar-refractivity contribution is 0.460. The van der Waals surface area contributed by atoms with Gasteiger partial charge in [0.2, 0.25) is 0 Å². The normalized spacial score (nSPS) is 12.9. The highest BCUT2D eigenvalue weighted by Gasteiger charge is 2.04. The van der Waals surface area contributed by atoms with Gasteiger partial charge in [-0.05, 0) is 53.7 Å². The molecule has 0 spiro atoms. The Balaban J connectivity index is 2.13.